The molecule has 1 N–H and O–H groups in total. The molecule has 2 aliphatic carbocycles. The fourth-order valence-corrected chi connectivity index (χ4v) is 5.65. The lowest BCUT2D eigenvalue weighted by atomic mass is 9.64. The van der Waals surface area contributed by atoms with Crippen LogP contribution in [0.1, 0.15) is 50.4 Å². The Bertz CT molecular complexity index is 1240. The first kappa shape index (κ1) is 24.2. The van der Waals surface area contributed by atoms with Crippen molar-refractivity contribution in [1.29, 1.82) is 0 Å². The Morgan fingerprint density at radius 1 is 1.12 bits per heavy atom. The van der Waals surface area contributed by atoms with Crippen LogP contribution in [0.25, 0.3) is 0 Å². The van der Waals surface area contributed by atoms with Crippen molar-refractivity contribution in [2.75, 3.05) is 5.32 Å². The first-order chi connectivity index (χ1) is 15.9. The second-order valence-corrected chi connectivity index (χ2v) is 10.4. The highest BCUT2D eigenvalue weighted by atomic mass is 35.5. The first-order valence-corrected chi connectivity index (χ1v) is 11.5. The summed E-state index contributed by atoms with van der Waals surface area (Å²) in [5.41, 5.74) is -0.888. The zero-order chi connectivity index (χ0) is 24.9. The average Bonchev–Trinajstić information content (AvgIpc) is 3.08. The summed E-state index contributed by atoms with van der Waals surface area (Å²) in [5, 5.41) is 18.7. The van der Waals surface area contributed by atoms with E-state index in [2.05, 4.69) is 10.5 Å². The molecule has 10 heteroatoms. The van der Waals surface area contributed by atoms with Gasteiger partial charge >= 0.3 is 5.97 Å². The van der Waals surface area contributed by atoms with E-state index >= 15 is 0 Å². The Labute approximate surface area is 206 Å². The second-order valence-electron chi connectivity index (χ2n) is 9.52. The summed E-state index contributed by atoms with van der Waals surface area (Å²) in [5.74, 6) is -0.970. The lowest BCUT2D eigenvalue weighted by Crippen LogP contribution is -2.43. The van der Waals surface area contributed by atoms with Gasteiger partial charge in [-0.1, -0.05) is 55.2 Å². The van der Waals surface area contributed by atoms with Crippen LogP contribution in [0.5, 0.6) is 0 Å². The minimum absolute atomic E-state index is 0.0403. The largest absolute Gasteiger partial charge is 0.365 e. The molecule has 178 valence electrons. The van der Waals surface area contributed by atoms with Crippen LogP contribution in [0.4, 0.5) is 11.4 Å². The van der Waals surface area contributed by atoms with E-state index in [0.717, 1.165) is 6.07 Å². The van der Waals surface area contributed by atoms with Gasteiger partial charge in [-0.15, -0.1) is 0 Å². The summed E-state index contributed by atoms with van der Waals surface area (Å²) in [6, 6.07) is 10.6. The molecule has 2 aromatic rings. The number of hydrogen-bond acceptors (Lipinski definition) is 6. The van der Waals surface area contributed by atoms with E-state index in [4.69, 9.17) is 28.0 Å². The van der Waals surface area contributed by atoms with Crippen molar-refractivity contribution in [2.45, 2.75) is 40.0 Å². The van der Waals surface area contributed by atoms with Crippen molar-refractivity contribution < 1.29 is 19.3 Å². The number of carbonyl (C=O) groups excluding carboxylic acids is 2. The van der Waals surface area contributed by atoms with E-state index in [-0.39, 0.29) is 16.5 Å². The highest BCUT2D eigenvalue weighted by Crippen LogP contribution is 2.71. The number of hydrogen-bond donors (Lipinski definition) is 1. The molecule has 2 fully saturated rings. The maximum Gasteiger partial charge on any atom is 0.365 e. The molecular weight excluding hydrogens is 481 g/mol. The number of nitrogens with zero attached hydrogens (tertiary/aromatic N) is 2. The average molecular weight is 504 g/mol. The van der Waals surface area contributed by atoms with Crippen molar-refractivity contribution in [2.24, 2.45) is 21.4 Å². The quantitative estimate of drug-likeness (QED) is 0.293. The molecule has 2 atom stereocenters. The molecule has 0 heterocycles. The number of nitrogens with one attached hydrogen (secondary N) is 1. The molecular formula is C24H23Cl2N3O5. The summed E-state index contributed by atoms with van der Waals surface area (Å²) in [4.78, 5) is 41.7. The fourth-order valence-electron chi connectivity index (χ4n) is 5.27. The van der Waals surface area contributed by atoms with Crippen molar-refractivity contribution in [3.63, 3.8) is 0 Å². The molecule has 0 aliphatic heterocycles. The standard InChI is InChI=1S/C24H23Cl2N3O5/c1-22(2)23(3)9-10-24(22,21(31)27-16-6-4-5-15(25)12-16)13-19(23)28-34-20(30)14-7-8-17(26)18(11-14)29(32)33/h4-8,11-12H,9-10,13H2,1-3H3,(H,27,31)/b28-19+. The SMILES string of the molecule is CC12CCC(C(=O)Nc3cccc(Cl)c3)(C/C1=N\OC(=O)c1ccc(Cl)c([N+](=O)[O-])c1)C2(C)C. The van der Waals surface area contributed by atoms with Gasteiger partial charge in [0.05, 0.1) is 21.6 Å². The molecule has 0 aromatic heterocycles. The third-order valence-electron chi connectivity index (χ3n) is 7.87. The van der Waals surface area contributed by atoms with Crippen LogP contribution in [-0.2, 0) is 9.63 Å². The molecule has 34 heavy (non-hydrogen) atoms. The molecule has 2 aromatic carbocycles. The number of anilines is 1. The van der Waals surface area contributed by atoms with E-state index in [1.165, 1.54) is 12.1 Å². The number of carbonyl (C=O) groups is 2. The number of benzene rings is 2. The predicted octanol–water partition coefficient (Wildman–Crippen LogP) is 6.27. The number of nitro benzene ring substituents is 1. The van der Waals surface area contributed by atoms with Crippen molar-refractivity contribution in [1.82, 2.24) is 0 Å². The lowest BCUT2D eigenvalue weighted by Gasteiger charge is -2.39. The number of amides is 1. The van der Waals surface area contributed by atoms with E-state index in [1.807, 2.05) is 20.8 Å². The molecule has 1 amide bonds. The Balaban J connectivity index is 1.59. The van der Waals surface area contributed by atoms with Gasteiger partial charge in [-0.25, -0.2) is 4.79 Å². The van der Waals surface area contributed by atoms with E-state index in [9.17, 15) is 19.7 Å². The molecule has 0 saturated heterocycles. The van der Waals surface area contributed by atoms with E-state index in [1.54, 1.807) is 24.3 Å². The minimum Gasteiger partial charge on any atom is -0.326 e. The number of oxime groups is 1. The molecule has 0 spiro atoms. The Hall–Kier alpha value is -2.97. The van der Waals surface area contributed by atoms with Gasteiger partial charge < -0.3 is 10.2 Å². The summed E-state index contributed by atoms with van der Waals surface area (Å²) in [6.07, 6.45) is 1.70. The second kappa shape index (κ2) is 8.36. The van der Waals surface area contributed by atoms with E-state index in [0.29, 0.717) is 35.7 Å². The van der Waals surface area contributed by atoms with Crippen molar-refractivity contribution >= 4 is 52.2 Å². The minimum atomic E-state index is -0.839. The van der Waals surface area contributed by atoms with Gasteiger partial charge in [0.15, 0.2) is 0 Å². The highest BCUT2D eigenvalue weighted by Gasteiger charge is 2.71. The van der Waals surface area contributed by atoms with Crippen LogP contribution in [0.2, 0.25) is 10.0 Å². The van der Waals surface area contributed by atoms with Gasteiger partial charge in [-0.3, -0.25) is 14.9 Å². The summed E-state index contributed by atoms with van der Waals surface area (Å²) >= 11 is 11.9. The molecule has 2 saturated carbocycles. The molecule has 2 aliphatic rings. The van der Waals surface area contributed by atoms with Gasteiger partial charge in [-0.2, -0.15) is 0 Å². The molecule has 2 bridgehead atoms. The predicted molar refractivity (Wildman–Crippen MR) is 129 cm³/mol. The normalized spacial score (nSPS) is 25.9. The fraction of sp³-hybridized carbons (Fsp3) is 0.375. The maximum atomic E-state index is 13.5. The van der Waals surface area contributed by atoms with Crippen molar-refractivity contribution in [3.05, 3.63) is 68.2 Å². The van der Waals surface area contributed by atoms with Gasteiger partial charge in [0.2, 0.25) is 5.91 Å². The smallest absolute Gasteiger partial charge is 0.326 e. The van der Waals surface area contributed by atoms with Crippen molar-refractivity contribution in [3.8, 4) is 0 Å². The number of fused-ring (bicyclic) bond motifs is 2. The first-order valence-electron chi connectivity index (χ1n) is 10.7. The monoisotopic (exact) mass is 503 g/mol. The van der Waals surface area contributed by atoms with Crippen LogP contribution in [0.15, 0.2) is 47.6 Å². The Kier molecular flexibility index (Phi) is 5.94. The summed E-state index contributed by atoms with van der Waals surface area (Å²) in [6.45, 7) is 6.09. The zero-order valence-electron chi connectivity index (χ0n) is 18.9. The molecule has 4 rings (SSSR count). The van der Waals surface area contributed by atoms with Gasteiger partial charge in [0.1, 0.15) is 5.02 Å². The Morgan fingerprint density at radius 3 is 2.53 bits per heavy atom. The van der Waals surface area contributed by atoms with Crippen LogP contribution < -0.4 is 5.32 Å². The van der Waals surface area contributed by atoms with Gasteiger partial charge in [-0.05, 0) is 48.6 Å². The third-order valence-corrected chi connectivity index (χ3v) is 8.42. The summed E-state index contributed by atoms with van der Waals surface area (Å²) in [7, 11) is 0. The van der Waals surface area contributed by atoms with E-state index < -0.39 is 32.8 Å². The lowest BCUT2D eigenvalue weighted by molar-refractivity contribution is -0.384. The number of rotatable bonds is 5. The van der Waals surface area contributed by atoms with Crippen LogP contribution in [0, 0.1) is 26.4 Å². The maximum absolute atomic E-state index is 13.5. The van der Waals surface area contributed by atoms with Gasteiger partial charge in [0, 0.05) is 28.6 Å². The number of nitro groups is 1. The topological polar surface area (TPSA) is 111 Å². The summed E-state index contributed by atoms with van der Waals surface area (Å²) < 4.78 is 0. The third kappa shape index (κ3) is 3.65. The Morgan fingerprint density at radius 2 is 1.85 bits per heavy atom. The molecule has 2 unspecified atom stereocenters. The van der Waals surface area contributed by atoms with Crippen LogP contribution in [-0.4, -0.2) is 22.5 Å². The van der Waals surface area contributed by atoms with Crippen LogP contribution in [0.3, 0.4) is 0 Å². The molecule has 0 radical (unpaired) electrons. The highest BCUT2D eigenvalue weighted by molar-refractivity contribution is 6.32. The molecule has 8 nitrogen and oxygen atoms in total. The zero-order valence-corrected chi connectivity index (χ0v) is 20.4. The van der Waals surface area contributed by atoms with Crippen LogP contribution >= 0.6 is 23.2 Å². The number of halogens is 2. The van der Waals surface area contributed by atoms with Gasteiger partial charge in [0.25, 0.3) is 5.69 Å².